The minimum Gasteiger partial charge on any atom is -0.372 e. The molecule has 2 aromatic heterocycles. The molecule has 0 unspecified atom stereocenters. The fraction of sp³-hybridized carbons (Fsp3) is 0.400. The Bertz CT molecular complexity index is 762. The molecule has 0 aliphatic carbocycles. The molecular weight excluding hydrogens is 310 g/mol. The second-order valence-corrected chi connectivity index (χ2v) is 7.43. The molecule has 0 bridgehead atoms. The van der Waals surface area contributed by atoms with E-state index < -0.39 is 0 Å². The van der Waals surface area contributed by atoms with Crippen LogP contribution in [-0.4, -0.2) is 38.3 Å². The number of aromatic nitrogens is 3. The summed E-state index contributed by atoms with van der Waals surface area (Å²) in [4.78, 5) is 6.82. The number of hydrogen-bond acceptors (Lipinski definition) is 4. The second-order valence-electron chi connectivity index (χ2n) is 7.43. The maximum absolute atomic E-state index is 4.52. The summed E-state index contributed by atoms with van der Waals surface area (Å²) in [5.74, 6) is 0.886. The predicted octanol–water partition coefficient (Wildman–Crippen LogP) is 4.24. The molecule has 132 valence electrons. The zero-order valence-corrected chi connectivity index (χ0v) is 15.5. The zero-order chi connectivity index (χ0) is 17.9. The first-order valence-electron chi connectivity index (χ1n) is 8.87. The lowest BCUT2D eigenvalue weighted by Crippen LogP contribution is -2.26. The van der Waals surface area contributed by atoms with E-state index in [0.29, 0.717) is 0 Å². The smallest absolute Gasteiger partial charge is 0.126 e. The Morgan fingerprint density at radius 2 is 2.00 bits per heavy atom. The standard InChI is InChI=1S/C20H27N5/c1-5-10-24-11-6-7-18(15-24)25-14-17(13-22-25)16-8-9-19(21-12-16)23-20(2,3)4/h6-9,12-15H,5,10-11H2,1-4H3,(H,21,23). The molecule has 1 N–H and O–H groups in total. The largest absolute Gasteiger partial charge is 0.372 e. The predicted molar refractivity (Wildman–Crippen MR) is 104 cm³/mol. The van der Waals surface area contributed by atoms with Gasteiger partial charge < -0.3 is 10.2 Å². The molecule has 0 saturated heterocycles. The van der Waals surface area contributed by atoms with Crippen LogP contribution in [0.15, 0.2) is 49.1 Å². The van der Waals surface area contributed by atoms with Crippen LogP contribution >= 0.6 is 0 Å². The Kier molecular flexibility index (Phi) is 4.93. The highest BCUT2D eigenvalue weighted by molar-refractivity contribution is 5.65. The third-order valence-corrected chi connectivity index (χ3v) is 3.90. The van der Waals surface area contributed by atoms with Crippen molar-refractivity contribution in [3.05, 3.63) is 49.1 Å². The fourth-order valence-corrected chi connectivity index (χ4v) is 2.81. The lowest BCUT2D eigenvalue weighted by molar-refractivity contribution is 0.410. The Morgan fingerprint density at radius 3 is 2.68 bits per heavy atom. The molecular formula is C20H27N5. The van der Waals surface area contributed by atoms with Crippen LogP contribution in [0, 0.1) is 0 Å². The molecule has 3 rings (SSSR count). The van der Waals surface area contributed by atoms with Crippen LogP contribution in [-0.2, 0) is 0 Å². The average molecular weight is 337 g/mol. The molecule has 0 fully saturated rings. The van der Waals surface area contributed by atoms with Gasteiger partial charge in [0.05, 0.1) is 11.9 Å². The van der Waals surface area contributed by atoms with Gasteiger partial charge in [0.2, 0.25) is 0 Å². The number of rotatable bonds is 5. The molecule has 0 amide bonds. The molecule has 25 heavy (non-hydrogen) atoms. The molecule has 2 aromatic rings. The van der Waals surface area contributed by atoms with Gasteiger partial charge >= 0.3 is 0 Å². The van der Waals surface area contributed by atoms with E-state index in [0.717, 1.165) is 42.2 Å². The van der Waals surface area contributed by atoms with Crippen molar-refractivity contribution in [3.63, 3.8) is 0 Å². The lowest BCUT2D eigenvalue weighted by Gasteiger charge is -2.22. The van der Waals surface area contributed by atoms with Crippen LogP contribution in [0.25, 0.3) is 16.8 Å². The Hall–Kier alpha value is -2.56. The molecule has 1 aliphatic rings. The number of pyridine rings is 1. The monoisotopic (exact) mass is 337 g/mol. The fourth-order valence-electron chi connectivity index (χ4n) is 2.81. The summed E-state index contributed by atoms with van der Waals surface area (Å²) in [7, 11) is 0. The summed E-state index contributed by atoms with van der Waals surface area (Å²) in [6.07, 6.45) is 13.5. The lowest BCUT2D eigenvalue weighted by atomic mass is 10.1. The van der Waals surface area contributed by atoms with Crippen molar-refractivity contribution in [1.29, 1.82) is 0 Å². The van der Waals surface area contributed by atoms with Gasteiger partial charge in [0.1, 0.15) is 5.82 Å². The molecule has 0 atom stereocenters. The van der Waals surface area contributed by atoms with Crippen molar-refractivity contribution >= 4 is 11.5 Å². The summed E-state index contributed by atoms with van der Waals surface area (Å²) in [5.41, 5.74) is 3.22. The quantitative estimate of drug-likeness (QED) is 0.886. The Labute approximate surface area is 150 Å². The maximum atomic E-state index is 4.52. The van der Waals surface area contributed by atoms with Gasteiger partial charge in [-0.05, 0) is 45.4 Å². The van der Waals surface area contributed by atoms with Gasteiger partial charge in [-0.3, -0.25) is 0 Å². The van der Waals surface area contributed by atoms with Gasteiger partial charge in [0.25, 0.3) is 0 Å². The summed E-state index contributed by atoms with van der Waals surface area (Å²) in [6, 6.07) is 4.09. The molecule has 0 radical (unpaired) electrons. The van der Waals surface area contributed by atoms with Gasteiger partial charge in [0.15, 0.2) is 0 Å². The number of nitrogens with zero attached hydrogens (tertiary/aromatic N) is 4. The molecule has 0 saturated carbocycles. The highest BCUT2D eigenvalue weighted by atomic mass is 15.3. The second kappa shape index (κ2) is 7.13. The zero-order valence-electron chi connectivity index (χ0n) is 15.5. The molecule has 0 aromatic carbocycles. The van der Waals surface area contributed by atoms with Crippen LogP contribution in [0.1, 0.15) is 34.1 Å². The maximum Gasteiger partial charge on any atom is 0.126 e. The summed E-state index contributed by atoms with van der Waals surface area (Å²) >= 11 is 0. The van der Waals surface area contributed by atoms with Crippen LogP contribution in [0.3, 0.4) is 0 Å². The van der Waals surface area contributed by atoms with Crippen molar-refractivity contribution in [2.24, 2.45) is 0 Å². The van der Waals surface area contributed by atoms with E-state index in [9.17, 15) is 0 Å². The topological polar surface area (TPSA) is 46.0 Å². The van der Waals surface area contributed by atoms with Crippen LogP contribution in [0.4, 0.5) is 5.82 Å². The van der Waals surface area contributed by atoms with E-state index in [1.165, 1.54) is 0 Å². The Balaban J connectivity index is 1.76. The molecule has 5 nitrogen and oxygen atoms in total. The number of allylic oxidation sites excluding steroid dienone is 2. The highest BCUT2D eigenvalue weighted by Crippen LogP contribution is 2.22. The van der Waals surface area contributed by atoms with E-state index in [1.54, 1.807) is 0 Å². The van der Waals surface area contributed by atoms with Crippen molar-refractivity contribution in [1.82, 2.24) is 19.7 Å². The van der Waals surface area contributed by atoms with Gasteiger partial charge in [-0.25, -0.2) is 9.67 Å². The first-order chi connectivity index (χ1) is 11.9. The number of hydrogen-bond donors (Lipinski definition) is 1. The van der Waals surface area contributed by atoms with Crippen molar-refractivity contribution in [3.8, 4) is 11.1 Å². The summed E-state index contributed by atoms with van der Waals surface area (Å²) < 4.78 is 1.93. The molecule has 0 spiro atoms. The third kappa shape index (κ3) is 4.50. The van der Waals surface area contributed by atoms with Gasteiger partial charge in [-0.1, -0.05) is 13.0 Å². The first-order valence-corrected chi connectivity index (χ1v) is 8.87. The average Bonchev–Trinajstić information content (AvgIpc) is 3.05. The van der Waals surface area contributed by atoms with E-state index in [2.05, 4.69) is 78.6 Å². The van der Waals surface area contributed by atoms with Gasteiger partial charge in [-0.2, -0.15) is 5.10 Å². The number of nitrogens with one attached hydrogen (secondary N) is 1. The molecule has 3 heterocycles. The van der Waals surface area contributed by atoms with Gasteiger partial charge in [0, 0.05) is 48.3 Å². The van der Waals surface area contributed by atoms with Gasteiger partial charge in [-0.15, -0.1) is 0 Å². The third-order valence-electron chi connectivity index (χ3n) is 3.90. The van der Waals surface area contributed by atoms with E-state index >= 15 is 0 Å². The number of anilines is 1. The van der Waals surface area contributed by atoms with E-state index in [1.807, 2.05) is 23.1 Å². The first kappa shape index (κ1) is 17.3. The van der Waals surface area contributed by atoms with Crippen molar-refractivity contribution < 1.29 is 0 Å². The van der Waals surface area contributed by atoms with Crippen LogP contribution in [0.2, 0.25) is 0 Å². The van der Waals surface area contributed by atoms with Crippen molar-refractivity contribution in [2.45, 2.75) is 39.7 Å². The summed E-state index contributed by atoms with van der Waals surface area (Å²) in [5, 5.41) is 7.90. The highest BCUT2D eigenvalue weighted by Gasteiger charge is 2.11. The molecule has 5 heteroatoms. The van der Waals surface area contributed by atoms with Crippen molar-refractivity contribution in [2.75, 3.05) is 18.4 Å². The summed E-state index contributed by atoms with van der Waals surface area (Å²) in [6.45, 7) is 10.6. The minimum atomic E-state index is 0.00353. The molecule has 1 aliphatic heterocycles. The van der Waals surface area contributed by atoms with Crippen LogP contribution < -0.4 is 5.32 Å². The van der Waals surface area contributed by atoms with E-state index in [4.69, 9.17) is 0 Å². The van der Waals surface area contributed by atoms with E-state index in [-0.39, 0.29) is 5.54 Å². The van der Waals surface area contributed by atoms with Crippen LogP contribution in [0.5, 0.6) is 0 Å². The Morgan fingerprint density at radius 1 is 1.16 bits per heavy atom. The SMILES string of the molecule is CCCN1C=C(n2cc(-c3ccc(NC(C)(C)C)nc3)cn2)C=CC1. The normalized spacial score (nSPS) is 14.6. The minimum absolute atomic E-state index is 0.00353.